The van der Waals surface area contributed by atoms with Gasteiger partial charge < -0.3 is 9.80 Å². The van der Waals surface area contributed by atoms with Crippen LogP contribution in [-0.4, -0.2) is 51.5 Å². The molecule has 0 radical (unpaired) electrons. The van der Waals surface area contributed by atoms with Crippen molar-refractivity contribution in [2.24, 2.45) is 0 Å². The largest absolute Gasteiger partial charge is 0.368 e. The van der Waals surface area contributed by atoms with Crippen LogP contribution >= 0.6 is 11.6 Å². The van der Waals surface area contributed by atoms with E-state index >= 15 is 0 Å². The average Bonchev–Trinajstić information content (AvgIpc) is 3.39. The van der Waals surface area contributed by atoms with E-state index in [-0.39, 0.29) is 5.78 Å². The Morgan fingerprint density at radius 2 is 1.62 bits per heavy atom. The lowest BCUT2D eigenvalue weighted by Gasteiger charge is -2.36. The van der Waals surface area contributed by atoms with Crippen LogP contribution in [0.5, 0.6) is 0 Å². The molecule has 0 bridgehead atoms. The molecule has 34 heavy (non-hydrogen) atoms. The van der Waals surface area contributed by atoms with E-state index in [9.17, 15) is 4.79 Å². The first-order chi connectivity index (χ1) is 16.7. The molecule has 7 nitrogen and oxygen atoms in total. The molecule has 1 aliphatic rings. The molecule has 0 saturated carbocycles. The number of anilines is 2. The van der Waals surface area contributed by atoms with Crippen molar-refractivity contribution in [1.29, 1.82) is 0 Å². The minimum Gasteiger partial charge on any atom is -0.368 e. The number of carbonyl (C=O) groups is 1. The van der Waals surface area contributed by atoms with Gasteiger partial charge in [0.1, 0.15) is 6.33 Å². The minimum absolute atomic E-state index is 0.0232. The van der Waals surface area contributed by atoms with E-state index in [1.54, 1.807) is 6.33 Å². The second-order valence-corrected chi connectivity index (χ2v) is 8.75. The van der Waals surface area contributed by atoms with Crippen LogP contribution in [0.3, 0.4) is 0 Å². The predicted molar refractivity (Wildman–Crippen MR) is 134 cm³/mol. The number of ketones is 1. The van der Waals surface area contributed by atoms with Gasteiger partial charge in [-0.15, -0.1) is 10.2 Å². The van der Waals surface area contributed by atoms with Gasteiger partial charge in [0.25, 0.3) is 0 Å². The molecule has 3 heterocycles. The second kappa shape index (κ2) is 8.43. The van der Waals surface area contributed by atoms with Gasteiger partial charge in [-0.25, -0.2) is 4.98 Å². The summed E-state index contributed by atoms with van der Waals surface area (Å²) in [4.78, 5) is 22.5. The summed E-state index contributed by atoms with van der Waals surface area (Å²) in [6.45, 7) is 3.31. The van der Waals surface area contributed by atoms with E-state index in [0.717, 1.165) is 53.7 Å². The molecule has 0 spiro atoms. The Morgan fingerprint density at radius 3 is 2.41 bits per heavy atom. The number of carbonyl (C=O) groups excluding carboxylic acids is 1. The van der Waals surface area contributed by atoms with E-state index < -0.39 is 0 Å². The van der Waals surface area contributed by atoms with Crippen LogP contribution in [0.4, 0.5) is 11.5 Å². The molecule has 168 valence electrons. The standard InChI is InChI=1S/C26H21ClN6O/c27-20-7-4-8-21(16-20)31-11-13-32(14-12-31)25-26-30-28-17-33(26)23-15-19(9-10-22(23)29-25)24(34)18-5-2-1-3-6-18/h1-10,15-17H,11-14H2. The van der Waals surface area contributed by atoms with Gasteiger partial charge in [0.2, 0.25) is 5.65 Å². The van der Waals surface area contributed by atoms with E-state index in [1.165, 1.54) is 0 Å². The van der Waals surface area contributed by atoms with E-state index in [1.807, 2.05) is 71.1 Å². The average molecular weight is 469 g/mol. The lowest BCUT2D eigenvalue weighted by molar-refractivity contribution is 0.103. The number of hydrogen-bond donors (Lipinski definition) is 0. The van der Waals surface area contributed by atoms with Gasteiger partial charge in [0.15, 0.2) is 11.6 Å². The molecule has 0 atom stereocenters. The second-order valence-electron chi connectivity index (χ2n) is 8.31. The fourth-order valence-electron chi connectivity index (χ4n) is 4.50. The Bertz CT molecular complexity index is 1510. The molecule has 0 N–H and O–H groups in total. The van der Waals surface area contributed by atoms with Crippen molar-refractivity contribution in [3.05, 3.63) is 95.3 Å². The fraction of sp³-hybridized carbons (Fsp3) is 0.154. The highest BCUT2D eigenvalue weighted by Gasteiger charge is 2.23. The number of hydrogen-bond acceptors (Lipinski definition) is 6. The van der Waals surface area contributed by atoms with Gasteiger partial charge in [-0.1, -0.05) is 48.0 Å². The first-order valence-corrected chi connectivity index (χ1v) is 11.5. The molecule has 2 aromatic heterocycles. The van der Waals surface area contributed by atoms with Crippen molar-refractivity contribution in [2.75, 3.05) is 36.0 Å². The summed E-state index contributed by atoms with van der Waals surface area (Å²) in [5.74, 6) is 0.780. The monoisotopic (exact) mass is 468 g/mol. The first kappa shape index (κ1) is 20.6. The maximum absolute atomic E-state index is 13.0. The third kappa shape index (κ3) is 3.64. The van der Waals surface area contributed by atoms with Crippen LogP contribution < -0.4 is 9.80 Å². The zero-order valence-electron chi connectivity index (χ0n) is 18.3. The summed E-state index contributed by atoms with van der Waals surface area (Å²) in [6, 6.07) is 22.8. The third-order valence-electron chi connectivity index (χ3n) is 6.26. The van der Waals surface area contributed by atoms with Gasteiger partial charge in [0.05, 0.1) is 11.0 Å². The maximum Gasteiger partial charge on any atom is 0.204 e. The number of nitrogens with zero attached hydrogens (tertiary/aromatic N) is 6. The molecule has 0 unspecified atom stereocenters. The Labute approximate surface area is 201 Å². The molecule has 1 saturated heterocycles. The third-order valence-corrected chi connectivity index (χ3v) is 6.49. The summed E-state index contributed by atoms with van der Waals surface area (Å²) in [7, 11) is 0. The number of halogens is 1. The van der Waals surface area contributed by atoms with Gasteiger partial charge in [-0.3, -0.25) is 9.20 Å². The molecule has 3 aromatic carbocycles. The number of piperazine rings is 1. The van der Waals surface area contributed by atoms with Crippen LogP contribution in [0.1, 0.15) is 15.9 Å². The Morgan fingerprint density at radius 1 is 0.824 bits per heavy atom. The number of benzene rings is 3. The fourth-order valence-corrected chi connectivity index (χ4v) is 4.68. The zero-order valence-corrected chi connectivity index (χ0v) is 19.1. The van der Waals surface area contributed by atoms with E-state index in [4.69, 9.17) is 16.6 Å². The lowest BCUT2D eigenvalue weighted by Crippen LogP contribution is -2.47. The minimum atomic E-state index is -0.0232. The maximum atomic E-state index is 13.0. The smallest absolute Gasteiger partial charge is 0.204 e. The normalized spacial score (nSPS) is 14.1. The number of rotatable bonds is 4. The number of aromatic nitrogens is 4. The van der Waals surface area contributed by atoms with Crippen LogP contribution in [0.2, 0.25) is 5.02 Å². The summed E-state index contributed by atoms with van der Waals surface area (Å²) < 4.78 is 1.92. The highest BCUT2D eigenvalue weighted by Crippen LogP contribution is 2.27. The van der Waals surface area contributed by atoms with Crippen molar-refractivity contribution in [1.82, 2.24) is 19.6 Å². The Hall–Kier alpha value is -3.97. The molecular weight excluding hydrogens is 448 g/mol. The highest BCUT2D eigenvalue weighted by atomic mass is 35.5. The molecule has 8 heteroatoms. The predicted octanol–water partition coefficient (Wildman–Crippen LogP) is 4.49. The molecule has 0 aliphatic carbocycles. The summed E-state index contributed by atoms with van der Waals surface area (Å²) in [6.07, 6.45) is 1.68. The van der Waals surface area contributed by atoms with Crippen LogP contribution in [0.25, 0.3) is 16.7 Å². The van der Waals surface area contributed by atoms with Crippen LogP contribution in [0.15, 0.2) is 79.1 Å². The van der Waals surface area contributed by atoms with Crippen LogP contribution in [0, 0.1) is 0 Å². The number of fused-ring (bicyclic) bond motifs is 3. The van der Waals surface area contributed by atoms with Crippen molar-refractivity contribution < 1.29 is 4.79 Å². The summed E-state index contributed by atoms with van der Waals surface area (Å²) >= 11 is 6.18. The van der Waals surface area contributed by atoms with Crippen molar-refractivity contribution in [2.45, 2.75) is 0 Å². The van der Waals surface area contributed by atoms with Crippen LogP contribution in [-0.2, 0) is 0 Å². The summed E-state index contributed by atoms with van der Waals surface area (Å²) in [5.41, 5.74) is 4.68. The van der Waals surface area contributed by atoms with Crippen molar-refractivity contribution in [3.63, 3.8) is 0 Å². The molecule has 0 amide bonds. The van der Waals surface area contributed by atoms with Crippen molar-refractivity contribution >= 4 is 45.6 Å². The van der Waals surface area contributed by atoms with Crippen molar-refractivity contribution in [3.8, 4) is 0 Å². The van der Waals surface area contributed by atoms with Gasteiger partial charge >= 0.3 is 0 Å². The van der Waals surface area contributed by atoms with Gasteiger partial charge in [-0.05, 0) is 36.4 Å². The van der Waals surface area contributed by atoms with Gasteiger partial charge in [-0.2, -0.15) is 0 Å². The molecule has 6 rings (SSSR count). The quantitative estimate of drug-likeness (QED) is 0.362. The Balaban J connectivity index is 1.32. The first-order valence-electron chi connectivity index (χ1n) is 11.2. The zero-order chi connectivity index (χ0) is 23.1. The van der Waals surface area contributed by atoms with E-state index in [0.29, 0.717) is 16.8 Å². The topological polar surface area (TPSA) is 66.6 Å². The van der Waals surface area contributed by atoms with Gasteiger partial charge in [0, 0.05) is 48.0 Å². The SMILES string of the molecule is O=C(c1ccccc1)c1ccc2nc(N3CCN(c4cccc(Cl)c4)CC3)c3nncn3c2c1. The Kier molecular flexibility index (Phi) is 5.11. The highest BCUT2D eigenvalue weighted by molar-refractivity contribution is 6.30. The van der Waals surface area contributed by atoms with E-state index in [2.05, 4.69) is 26.1 Å². The molecular formula is C26H21ClN6O. The summed E-state index contributed by atoms with van der Waals surface area (Å²) in [5, 5.41) is 9.25. The molecule has 5 aromatic rings. The molecule has 1 aliphatic heterocycles. The lowest BCUT2D eigenvalue weighted by atomic mass is 10.0. The molecule has 1 fully saturated rings.